The third-order valence-electron chi connectivity index (χ3n) is 5.48. The molecule has 0 N–H and O–H groups in total. The third-order valence-corrected chi connectivity index (χ3v) is 6.44. The second-order valence-electron chi connectivity index (χ2n) is 9.19. The molecule has 180 valence electrons. The van der Waals surface area contributed by atoms with Gasteiger partial charge in [0.25, 0.3) is 0 Å². The SMILES string of the molecule is COc1cc(-c2ccc(OCC3CCN(C(=O)OC(C)(C)C)CC3)c(F)c2)ccc1[S@](C)=O. The van der Waals surface area contributed by atoms with E-state index in [4.69, 9.17) is 14.2 Å². The lowest BCUT2D eigenvalue weighted by molar-refractivity contribution is 0.0164. The number of carbonyl (C=O) groups excluding carboxylic acids is 1. The Hall–Kier alpha value is -2.61. The lowest BCUT2D eigenvalue weighted by Crippen LogP contribution is -2.42. The Labute approximate surface area is 197 Å². The molecule has 0 aromatic heterocycles. The summed E-state index contributed by atoms with van der Waals surface area (Å²) in [6.07, 6.45) is 2.86. The van der Waals surface area contributed by atoms with E-state index < -0.39 is 22.2 Å². The quantitative estimate of drug-likeness (QED) is 0.568. The predicted molar refractivity (Wildman–Crippen MR) is 127 cm³/mol. The summed E-state index contributed by atoms with van der Waals surface area (Å²) in [6.45, 7) is 7.15. The van der Waals surface area contributed by atoms with Gasteiger partial charge in [0.15, 0.2) is 11.6 Å². The van der Waals surface area contributed by atoms with Crippen LogP contribution in [-0.4, -0.2) is 53.9 Å². The Morgan fingerprint density at radius 1 is 1.09 bits per heavy atom. The van der Waals surface area contributed by atoms with Crippen molar-refractivity contribution in [3.05, 3.63) is 42.2 Å². The summed E-state index contributed by atoms with van der Waals surface area (Å²) in [4.78, 5) is 14.5. The fourth-order valence-corrected chi connectivity index (χ4v) is 4.38. The zero-order valence-electron chi connectivity index (χ0n) is 19.9. The maximum atomic E-state index is 14.7. The number of methoxy groups -OCH3 is 1. The van der Waals surface area contributed by atoms with E-state index >= 15 is 0 Å². The summed E-state index contributed by atoms with van der Waals surface area (Å²) in [5.41, 5.74) is 0.932. The monoisotopic (exact) mass is 477 g/mol. The van der Waals surface area contributed by atoms with Gasteiger partial charge in [-0.2, -0.15) is 0 Å². The number of nitrogens with zero attached hydrogens (tertiary/aromatic N) is 1. The average molecular weight is 478 g/mol. The van der Waals surface area contributed by atoms with Gasteiger partial charge in [0, 0.05) is 19.3 Å². The van der Waals surface area contributed by atoms with E-state index in [2.05, 4.69) is 0 Å². The van der Waals surface area contributed by atoms with Crippen molar-refractivity contribution in [3.8, 4) is 22.6 Å². The first kappa shape index (κ1) is 25.0. The van der Waals surface area contributed by atoms with E-state index in [-0.39, 0.29) is 17.8 Å². The molecule has 1 saturated heterocycles. The summed E-state index contributed by atoms with van der Waals surface area (Å²) in [5, 5.41) is 0. The molecule has 1 amide bonds. The molecule has 6 nitrogen and oxygen atoms in total. The summed E-state index contributed by atoms with van der Waals surface area (Å²) in [6, 6.07) is 10.1. The number of hydrogen-bond donors (Lipinski definition) is 0. The Balaban J connectivity index is 1.58. The minimum atomic E-state index is -1.18. The van der Waals surface area contributed by atoms with Crippen molar-refractivity contribution >= 4 is 16.9 Å². The van der Waals surface area contributed by atoms with Gasteiger partial charge in [-0.1, -0.05) is 12.1 Å². The molecule has 3 rings (SSSR count). The molecular formula is C25H32FNO5S. The van der Waals surface area contributed by atoms with Gasteiger partial charge in [-0.15, -0.1) is 0 Å². The van der Waals surface area contributed by atoms with Crippen LogP contribution in [0.25, 0.3) is 11.1 Å². The van der Waals surface area contributed by atoms with Crippen molar-refractivity contribution < 1.29 is 27.6 Å². The molecule has 33 heavy (non-hydrogen) atoms. The van der Waals surface area contributed by atoms with E-state index in [0.29, 0.717) is 35.9 Å². The van der Waals surface area contributed by atoms with Gasteiger partial charge in [0.1, 0.15) is 11.4 Å². The molecule has 0 unspecified atom stereocenters. The first-order valence-corrected chi connectivity index (χ1v) is 12.6. The Morgan fingerprint density at radius 2 is 1.73 bits per heavy atom. The third kappa shape index (κ3) is 6.69. The number of ether oxygens (including phenoxy) is 3. The van der Waals surface area contributed by atoms with Gasteiger partial charge in [0.05, 0.1) is 29.4 Å². The van der Waals surface area contributed by atoms with Crippen LogP contribution < -0.4 is 9.47 Å². The van der Waals surface area contributed by atoms with Crippen LogP contribution in [0.1, 0.15) is 33.6 Å². The van der Waals surface area contributed by atoms with Crippen molar-refractivity contribution in [1.82, 2.24) is 4.90 Å². The molecule has 0 radical (unpaired) electrons. The lowest BCUT2D eigenvalue weighted by Gasteiger charge is -2.33. The van der Waals surface area contributed by atoms with Gasteiger partial charge in [-0.3, -0.25) is 4.21 Å². The molecule has 0 bridgehead atoms. The smallest absolute Gasteiger partial charge is 0.410 e. The van der Waals surface area contributed by atoms with Gasteiger partial charge in [-0.25, -0.2) is 9.18 Å². The first-order valence-electron chi connectivity index (χ1n) is 11.0. The number of amides is 1. The molecular weight excluding hydrogens is 445 g/mol. The second-order valence-corrected chi connectivity index (χ2v) is 10.5. The van der Waals surface area contributed by atoms with Crippen LogP contribution in [0.2, 0.25) is 0 Å². The summed E-state index contributed by atoms with van der Waals surface area (Å²) >= 11 is 0. The fraction of sp³-hybridized carbons (Fsp3) is 0.480. The van der Waals surface area contributed by atoms with E-state index in [9.17, 15) is 13.4 Å². The van der Waals surface area contributed by atoms with Crippen LogP contribution in [0, 0.1) is 11.7 Å². The van der Waals surface area contributed by atoms with Crippen molar-refractivity contribution in [2.75, 3.05) is 33.1 Å². The molecule has 0 aliphatic carbocycles. The van der Waals surface area contributed by atoms with Crippen LogP contribution >= 0.6 is 0 Å². The fourth-order valence-electron chi connectivity index (χ4n) is 3.70. The molecule has 1 aliphatic rings. The van der Waals surface area contributed by atoms with E-state index in [1.165, 1.54) is 13.2 Å². The highest BCUT2D eigenvalue weighted by atomic mass is 32.2. The van der Waals surface area contributed by atoms with Crippen molar-refractivity contribution in [2.45, 2.75) is 44.1 Å². The summed E-state index contributed by atoms with van der Waals surface area (Å²) < 4.78 is 43.1. The van der Waals surface area contributed by atoms with Crippen LogP contribution in [0.4, 0.5) is 9.18 Å². The minimum Gasteiger partial charge on any atom is -0.495 e. The van der Waals surface area contributed by atoms with Crippen LogP contribution in [0.5, 0.6) is 11.5 Å². The summed E-state index contributed by atoms with van der Waals surface area (Å²) in [7, 11) is 0.343. The highest BCUT2D eigenvalue weighted by Gasteiger charge is 2.27. The van der Waals surface area contributed by atoms with E-state index in [0.717, 1.165) is 18.4 Å². The number of rotatable bonds is 6. The molecule has 1 heterocycles. The minimum absolute atomic E-state index is 0.201. The first-order chi connectivity index (χ1) is 15.6. The van der Waals surface area contributed by atoms with Crippen molar-refractivity contribution in [3.63, 3.8) is 0 Å². The van der Waals surface area contributed by atoms with E-state index in [1.54, 1.807) is 41.5 Å². The Morgan fingerprint density at radius 3 is 2.30 bits per heavy atom. The highest BCUT2D eigenvalue weighted by Crippen LogP contribution is 2.31. The standard InChI is InChI=1S/C25H32FNO5S/c1-25(2,3)32-24(28)27-12-10-17(11-13-27)16-31-21-8-6-18(14-20(21)26)19-7-9-23(33(5)29)22(15-19)30-4/h6-9,14-15,17H,10-13,16H2,1-5H3/t33-/m0/s1. The maximum absolute atomic E-state index is 14.7. The lowest BCUT2D eigenvalue weighted by atomic mass is 9.98. The molecule has 1 aliphatic heterocycles. The maximum Gasteiger partial charge on any atom is 0.410 e. The predicted octanol–water partition coefficient (Wildman–Crippen LogP) is 5.26. The highest BCUT2D eigenvalue weighted by molar-refractivity contribution is 7.84. The molecule has 8 heteroatoms. The Kier molecular flexibility index (Phi) is 8.00. The normalized spacial score (nSPS) is 15.8. The van der Waals surface area contributed by atoms with Gasteiger partial charge >= 0.3 is 6.09 Å². The molecule has 0 saturated carbocycles. The Bertz CT molecular complexity index is 1010. The van der Waals surface area contributed by atoms with Crippen molar-refractivity contribution in [2.24, 2.45) is 5.92 Å². The van der Waals surface area contributed by atoms with Crippen LogP contribution in [0.3, 0.4) is 0 Å². The van der Waals surface area contributed by atoms with Gasteiger partial charge in [0.2, 0.25) is 0 Å². The van der Waals surface area contributed by atoms with Crippen LogP contribution in [0.15, 0.2) is 41.3 Å². The molecule has 1 atom stereocenters. The largest absolute Gasteiger partial charge is 0.495 e. The summed E-state index contributed by atoms with van der Waals surface area (Å²) in [5.74, 6) is 0.508. The second kappa shape index (κ2) is 10.5. The van der Waals surface area contributed by atoms with Crippen molar-refractivity contribution in [1.29, 1.82) is 0 Å². The molecule has 2 aromatic rings. The van der Waals surface area contributed by atoms with E-state index in [1.807, 2.05) is 20.8 Å². The number of likely N-dealkylation sites (tertiary alicyclic amines) is 1. The number of piperidine rings is 1. The number of carbonyl (C=O) groups is 1. The number of hydrogen-bond acceptors (Lipinski definition) is 5. The molecule has 0 spiro atoms. The molecule has 2 aromatic carbocycles. The number of halogens is 1. The zero-order chi connectivity index (χ0) is 24.2. The average Bonchev–Trinajstić information content (AvgIpc) is 2.76. The number of benzene rings is 2. The van der Waals surface area contributed by atoms with Crippen LogP contribution in [-0.2, 0) is 15.5 Å². The topological polar surface area (TPSA) is 65.1 Å². The van der Waals surface area contributed by atoms with Gasteiger partial charge < -0.3 is 19.1 Å². The zero-order valence-corrected chi connectivity index (χ0v) is 20.7. The van der Waals surface area contributed by atoms with Gasteiger partial charge in [-0.05, 0) is 74.9 Å². The molecule has 1 fully saturated rings.